The number of aromatic carboxylic acids is 1. The van der Waals surface area contributed by atoms with Crippen molar-refractivity contribution in [2.24, 2.45) is 0 Å². The smallest absolute Gasteiger partial charge is 0.338 e. The van der Waals surface area contributed by atoms with Crippen molar-refractivity contribution >= 4 is 23.6 Å². The molecule has 1 saturated heterocycles. The van der Waals surface area contributed by atoms with Crippen LogP contribution < -0.4 is 0 Å². The zero-order chi connectivity index (χ0) is 16.3. The number of piperidine rings is 1. The van der Waals surface area contributed by atoms with Crippen LogP contribution in [-0.2, 0) is 4.79 Å². The van der Waals surface area contributed by atoms with E-state index < -0.39 is 5.97 Å². The number of carbonyl (C=O) groups is 2. The Morgan fingerprint density at radius 3 is 2.50 bits per heavy atom. The van der Waals surface area contributed by atoms with Crippen molar-refractivity contribution in [3.63, 3.8) is 0 Å². The van der Waals surface area contributed by atoms with Crippen molar-refractivity contribution in [2.75, 3.05) is 18.8 Å². The molecule has 1 aliphatic rings. The highest BCUT2D eigenvalue weighted by Crippen LogP contribution is 2.26. The van der Waals surface area contributed by atoms with E-state index >= 15 is 0 Å². The lowest BCUT2D eigenvalue weighted by Crippen LogP contribution is -2.40. The maximum Gasteiger partial charge on any atom is 0.338 e. The van der Waals surface area contributed by atoms with Gasteiger partial charge in [-0.25, -0.2) is 4.79 Å². The Kier molecular flexibility index (Phi) is 5.16. The normalized spacial score (nSPS) is 16.8. The zero-order valence-corrected chi connectivity index (χ0v) is 14.1. The first-order valence-electron chi connectivity index (χ1n) is 7.45. The molecule has 1 aliphatic heterocycles. The van der Waals surface area contributed by atoms with Gasteiger partial charge >= 0.3 is 5.97 Å². The first kappa shape index (κ1) is 16.9. The number of carbonyl (C=O) groups excluding carboxylic acids is 1. The van der Waals surface area contributed by atoms with E-state index in [1.165, 1.54) is 6.20 Å². The highest BCUT2D eigenvalue weighted by Gasteiger charge is 2.25. The van der Waals surface area contributed by atoms with Crippen LogP contribution in [0.5, 0.6) is 0 Å². The minimum Gasteiger partial charge on any atom is -0.478 e. The fourth-order valence-corrected chi connectivity index (χ4v) is 3.14. The number of aromatic nitrogens is 2. The molecule has 0 unspecified atom stereocenters. The predicted molar refractivity (Wildman–Crippen MR) is 86.2 cm³/mol. The van der Waals surface area contributed by atoms with Crippen LogP contribution in [0.2, 0.25) is 0 Å². The Morgan fingerprint density at radius 2 is 2.00 bits per heavy atom. The second kappa shape index (κ2) is 6.73. The number of thioether (sulfide) groups is 1. The Labute approximate surface area is 134 Å². The van der Waals surface area contributed by atoms with Crippen LogP contribution >= 0.6 is 11.8 Å². The number of carboxylic acid groups (broad SMARTS) is 1. The summed E-state index contributed by atoms with van der Waals surface area (Å²) in [5.74, 6) is -0.262. The van der Waals surface area contributed by atoms with E-state index in [9.17, 15) is 9.59 Å². The summed E-state index contributed by atoms with van der Waals surface area (Å²) < 4.78 is 1.81. The Bertz CT molecular complexity index is 542. The molecular weight excluding hydrogens is 302 g/mol. The lowest BCUT2D eigenvalue weighted by molar-refractivity contribution is -0.129. The molecule has 2 rings (SSSR count). The number of likely N-dealkylation sites (tertiary alicyclic amines) is 1. The molecule has 122 valence electrons. The van der Waals surface area contributed by atoms with Crippen molar-refractivity contribution < 1.29 is 14.7 Å². The fraction of sp³-hybridized carbons (Fsp3) is 0.667. The highest BCUT2D eigenvalue weighted by molar-refractivity contribution is 8.01. The molecule has 0 saturated carbocycles. The number of hydrogen-bond acceptors (Lipinski definition) is 4. The Hall–Kier alpha value is -1.50. The third kappa shape index (κ3) is 4.50. The molecule has 1 aromatic heterocycles. The van der Waals surface area contributed by atoms with Crippen molar-refractivity contribution in [1.82, 2.24) is 14.7 Å². The van der Waals surface area contributed by atoms with Crippen LogP contribution in [0.1, 0.15) is 50.0 Å². The number of rotatable bonds is 4. The highest BCUT2D eigenvalue weighted by atomic mass is 32.2. The third-order valence-corrected chi connectivity index (χ3v) is 4.93. The van der Waals surface area contributed by atoms with E-state index in [0.717, 1.165) is 12.8 Å². The molecule has 1 N–H and O–H groups in total. The maximum atomic E-state index is 12.2. The summed E-state index contributed by atoms with van der Waals surface area (Å²) in [7, 11) is 0. The first-order valence-corrected chi connectivity index (χ1v) is 8.44. The average Bonchev–Trinajstić information content (AvgIpc) is 2.94. The van der Waals surface area contributed by atoms with Crippen LogP contribution in [0, 0.1) is 0 Å². The molecule has 22 heavy (non-hydrogen) atoms. The summed E-state index contributed by atoms with van der Waals surface area (Å²) in [4.78, 5) is 25.0. The molecule has 2 heterocycles. The topological polar surface area (TPSA) is 75.4 Å². The number of carboxylic acids is 1. The van der Waals surface area contributed by atoms with E-state index in [1.54, 1.807) is 22.6 Å². The van der Waals surface area contributed by atoms with Crippen LogP contribution in [0.25, 0.3) is 0 Å². The first-order chi connectivity index (χ1) is 10.3. The molecule has 7 heteroatoms. The summed E-state index contributed by atoms with van der Waals surface area (Å²) in [6, 6.07) is 0.174. The second-order valence-corrected chi connectivity index (χ2v) is 8.33. The molecule has 6 nitrogen and oxygen atoms in total. The number of nitrogens with zero attached hydrogens (tertiary/aromatic N) is 3. The summed E-state index contributed by atoms with van der Waals surface area (Å²) in [5, 5.41) is 13.1. The van der Waals surface area contributed by atoms with E-state index in [0.29, 0.717) is 18.8 Å². The molecule has 0 aliphatic carbocycles. The number of amides is 1. The Morgan fingerprint density at radius 1 is 1.36 bits per heavy atom. The van der Waals surface area contributed by atoms with E-state index in [2.05, 4.69) is 25.9 Å². The lowest BCUT2D eigenvalue weighted by atomic mass is 10.1. The molecular formula is C15H23N3O3S. The largest absolute Gasteiger partial charge is 0.478 e. The predicted octanol–water partition coefficient (Wildman–Crippen LogP) is 2.28. The minimum absolute atomic E-state index is 0.0935. The van der Waals surface area contributed by atoms with Crippen molar-refractivity contribution in [2.45, 2.75) is 44.4 Å². The van der Waals surface area contributed by atoms with Gasteiger partial charge < -0.3 is 10.0 Å². The van der Waals surface area contributed by atoms with Gasteiger partial charge in [-0.1, -0.05) is 20.8 Å². The zero-order valence-electron chi connectivity index (χ0n) is 13.3. The van der Waals surface area contributed by atoms with Crippen LogP contribution in [0.4, 0.5) is 0 Å². The maximum absolute atomic E-state index is 12.2. The van der Waals surface area contributed by atoms with Crippen LogP contribution in [0.3, 0.4) is 0 Å². The lowest BCUT2D eigenvalue weighted by Gasteiger charge is -2.32. The van der Waals surface area contributed by atoms with Gasteiger partial charge in [0.15, 0.2) is 0 Å². The molecule has 0 radical (unpaired) electrons. The van der Waals surface area contributed by atoms with Gasteiger partial charge in [-0.15, -0.1) is 11.8 Å². The van der Waals surface area contributed by atoms with Gasteiger partial charge in [0.25, 0.3) is 0 Å². The molecule has 1 aromatic rings. The molecule has 0 bridgehead atoms. The molecule has 0 spiro atoms. The molecule has 0 atom stereocenters. The van der Waals surface area contributed by atoms with Gasteiger partial charge in [0.1, 0.15) is 0 Å². The van der Waals surface area contributed by atoms with E-state index in [4.69, 9.17) is 5.11 Å². The number of hydrogen-bond donors (Lipinski definition) is 1. The fourth-order valence-electron chi connectivity index (χ4n) is 2.40. The van der Waals surface area contributed by atoms with Gasteiger partial charge in [-0.05, 0) is 12.8 Å². The summed E-state index contributed by atoms with van der Waals surface area (Å²) in [6.45, 7) is 7.73. The quantitative estimate of drug-likeness (QED) is 0.919. The molecule has 1 fully saturated rings. The summed E-state index contributed by atoms with van der Waals surface area (Å²) >= 11 is 1.67. The molecule has 0 aromatic carbocycles. The monoisotopic (exact) mass is 325 g/mol. The summed E-state index contributed by atoms with van der Waals surface area (Å²) in [5.41, 5.74) is 0.208. The minimum atomic E-state index is -0.960. The van der Waals surface area contributed by atoms with Gasteiger partial charge in [0.05, 0.1) is 23.6 Å². The Balaban J connectivity index is 1.84. The van der Waals surface area contributed by atoms with Gasteiger partial charge in [0, 0.05) is 24.0 Å². The van der Waals surface area contributed by atoms with Crippen molar-refractivity contribution in [1.29, 1.82) is 0 Å². The molecule has 1 amide bonds. The van der Waals surface area contributed by atoms with Gasteiger partial charge in [-0.2, -0.15) is 5.10 Å². The van der Waals surface area contributed by atoms with E-state index in [1.807, 2.05) is 4.90 Å². The SMILES string of the molecule is CC(C)(C)SCC(=O)N1CCC(n2cc(C(=O)O)cn2)CC1. The average molecular weight is 325 g/mol. The van der Waals surface area contributed by atoms with Gasteiger partial charge in [0.2, 0.25) is 5.91 Å². The van der Waals surface area contributed by atoms with Gasteiger partial charge in [-0.3, -0.25) is 9.48 Å². The van der Waals surface area contributed by atoms with Crippen molar-refractivity contribution in [3.05, 3.63) is 18.0 Å². The van der Waals surface area contributed by atoms with Crippen LogP contribution in [0.15, 0.2) is 12.4 Å². The standard InChI is InChI=1S/C15H23N3O3S/c1-15(2,3)22-10-13(19)17-6-4-12(5-7-17)18-9-11(8-16-18)14(20)21/h8-9,12H,4-7,10H2,1-3H3,(H,20,21). The van der Waals surface area contributed by atoms with E-state index in [-0.39, 0.29) is 22.3 Å². The third-order valence-electron chi connectivity index (χ3n) is 3.67. The van der Waals surface area contributed by atoms with Crippen LogP contribution in [-0.4, -0.2) is 55.3 Å². The second-order valence-electron chi connectivity index (χ2n) is 6.53. The summed E-state index contributed by atoms with van der Waals surface area (Å²) in [6.07, 6.45) is 4.57. The van der Waals surface area contributed by atoms with Crippen molar-refractivity contribution in [3.8, 4) is 0 Å².